The van der Waals surface area contributed by atoms with Gasteiger partial charge in [0.25, 0.3) is 5.91 Å². The molecule has 3 heterocycles. The standard InChI is InChI=1S/C20H21BClN5O3/c1-20(2,21)27-17-6-13(14(22)9-24-17)12-5-15(23-8-12)19(30)26-16(10-28)11-3-4-18(29)25-7-11/h3-9,16,23,28H,10H2,1-2H3,(H,24,27)(H,25,29)(H,26,30)/t16-/m1/s1. The number of anilines is 1. The molecule has 3 rings (SSSR count). The predicted molar refractivity (Wildman–Crippen MR) is 117 cm³/mol. The normalized spacial score (nSPS) is 12.4. The zero-order chi connectivity index (χ0) is 21.9. The lowest BCUT2D eigenvalue weighted by molar-refractivity contribution is 0.0911. The van der Waals surface area contributed by atoms with Crippen molar-refractivity contribution in [2.45, 2.75) is 25.3 Å². The first-order valence-electron chi connectivity index (χ1n) is 9.18. The van der Waals surface area contributed by atoms with Crippen molar-refractivity contribution in [1.29, 1.82) is 0 Å². The highest BCUT2D eigenvalue weighted by atomic mass is 35.5. The van der Waals surface area contributed by atoms with Gasteiger partial charge in [0.2, 0.25) is 5.56 Å². The quantitative estimate of drug-likeness (QED) is 0.371. The van der Waals surface area contributed by atoms with Gasteiger partial charge in [0.15, 0.2) is 0 Å². The number of aliphatic hydroxyl groups is 1. The Labute approximate surface area is 179 Å². The van der Waals surface area contributed by atoms with Crippen LogP contribution in [0.3, 0.4) is 0 Å². The van der Waals surface area contributed by atoms with Crippen LogP contribution >= 0.6 is 11.6 Å². The fourth-order valence-electron chi connectivity index (χ4n) is 2.85. The van der Waals surface area contributed by atoms with Gasteiger partial charge in [-0.05, 0) is 29.2 Å². The maximum Gasteiger partial charge on any atom is 0.268 e. The summed E-state index contributed by atoms with van der Waals surface area (Å²) in [7, 11) is 5.97. The van der Waals surface area contributed by atoms with Crippen molar-refractivity contribution < 1.29 is 9.90 Å². The second-order valence-corrected chi connectivity index (χ2v) is 7.80. The van der Waals surface area contributed by atoms with E-state index in [9.17, 15) is 14.7 Å². The Morgan fingerprint density at radius 1 is 1.30 bits per heavy atom. The minimum atomic E-state index is -0.673. The van der Waals surface area contributed by atoms with Crippen molar-refractivity contribution in [1.82, 2.24) is 20.3 Å². The van der Waals surface area contributed by atoms with E-state index >= 15 is 0 Å². The van der Waals surface area contributed by atoms with E-state index in [0.717, 1.165) is 0 Å². The molecule has 0 saturated carbocycles. The monoisotopic (exact) mass is 425 g/mol. The average Bonchev–Trinajstić information content (AvgIpc) is 3.17. The Hall–Kier alpha value is -3.04. The SMILES string of the molecule is [B]C(C)(C)Nc1cc(-c2c[nH]c(C(=O)N[C@H](CO)c3ccc(=O)[nH]c3)c2)c(Cl)cn1. The van der Waals surface area contributed by atoms with Gasteiger partial charge in [-0.3, -0.25) is 9.59 Å². The van der Waals surface area contributed by atoms with Gasteiger partial charge in [-0.15, -0.1) is 0 Å². The van der Waals surface area contributed by atoms with E-state index in [1.807, 2.05) is 13.8 Å². The number of aromatic amines is 2. The van der Waals surface area contributed by atoms with E-state index in [1.165, 1.54) is 18.5 Å². The summed E-state index contributed by atoms with van der Waals surface area (Å²) >= 11 is 6.29. The number of halogens is 1. The van der Waals surface area contributed by atoms with Crippen LogP contribution < -0.4 is 16.2 Å². The van der Waals surface area contributed by atoms with Gasteiger partial charge in [0, 0.05) is 35.8 Å². The van der Waals surface area contributed by atoms with Crippen molar-refractivity contribution in [3.8, 4) is 11.1 Å². The molecule has 30 heavy (non-hydrogen) atoms. The summed E-state index contributed by atoms with van der Waals surface area (Å²) in [6.07, 6.45) is 4.62. The second-order valence-electron chi connectivity index (χ2n) is 7.39. The molecule has 0 unspecified atom stereocenters. The third-order valence-corrected chi connectivity index (χ3v) is 4.54. The number of hydrogen-bond acceptors (Lipinski definition) is 5. The van der Waals surface area contributed by atoms with Crippen molar-refractivity contribution in [2.24, 2.45) is 0 Å². The van der Waals surface area contributed by atoms with Crippen LogP contribution in [0.4, 0.5) is 5.82 Å². The number of carbonyl (C=O) groups is 1. The van der Waals surface area contributed by atoms with Crippen LogP contribution in [-0.2, 0) is 0 Å². The lowest BCUT2D eigenvalue weighted by Crippen LogP contribution is -2.31. The summed E-state index contributed by atoms with van der Waals surface area (Å²) < 4.78 is 0. The molecule has 0 spiro atoms. The van der Waals surface area contributed by atoms with Crippen LogP contribution in [0.5, 0.6) is 0 Å². The van der Waals surface area contributed by atoms with Gasteiger partial charge >= 0.3 is 0 Å². The van der Waals surface area contributed by atoms with Gasteiger partial charge in [0.05, 0.1) is 17.7 Å². The van der Waals surface area contributed by atoms with E-state index in [2.05, 4.69) is 25.6 Å². The molecule has 3 aromatic rings. The summed E-state index contributed by atoms with van der Waals surface area (Å²) in [5.74, 6) is 0.130. The van der Waals surface area contributed by atoms with Gasteiger partial charge in [-0.1, -0.05) is 25.4 Å². The third-order valence-electron chi connectivity index (χ3n) is 4.24. The molecule has 0 aliphatic heterocycles. The number of aliphatic hydroxyl groups excluding tert-OH is 1. The van der Waals surface area contributed by atoms with Crippen molar-refractivity contribution in [3.63, 3.8) is 0 Å². The highest BCUT2D eigenvalue weighted by Gasteiger charge is 2.18. The fourth-order valence-corrected chi connectivity index (χ4v) is 3.06. The lowest BCUT2D eigenvalue weighted by Gasteiger charge is -2.22. The van der Waals surface area contributed by atoms with Crippen LogP contribution in [-0.4, -0.2) is 45.9 Å². The number of amides is 1. The molecule has 1 amide bonds. The molecule has 1 atom stereocenters. The summed E-state index contributed by atoms with van der Waals surface area (Å²) in [5.41, 5.74) is 1.30. The van der Waals surface area contributed by atoms with Crippen LogP contribution in [0, 0.1) is 0 Å². The van der Waals surface area contributed by atoms with Gasteiger partial charge in [0.1, 0.15) is 19.4 Å². The Morgan fingerprint density at radius 2 is 2.07 bits per heavy atom. The van der Waals surface area contributed by atoms with E-state index in [0.29, 0.717) is 27.5 Å². The Kier molecular flexibility index (Phi) is 6.33. The number of H-pyrrole nitrogens is 2. The summed E-state index contributed by atoms with van der Waals surface area (Å²) in [6.45, 7) is 3.29. The zero-order valence-corrected chi connectivity index (χ0v) is 17.2. The summed E-state index contributed by atoms with van der Waals surface area (Å²) in [6, 6.07) is 5.60. The Morgan fingerprint density at radius 3 is 2.70 bits per heavy atom. The molecule has 0 aliphatic rings. The molecule has 2 radical (unpaired) electrons. The molecule has 0 aromatic carbocycles. The molecule has 0 fully saturated rings. The first kappa shape index (κ1) is 21.7. The lowest BCUT2D eigenvalue weighted by atomic mass is 9.82. The maximum absolute atomic E-state index is 12.6. The van der Waals surface area contributed by atoms with Gasteiger partial charge in [-0.2, -0.15) is 0 Å². The van der Waals surface area contributed by atoms with E-state index in [1.54, 1.807) is 24.4 Å². The number of nitrogens with one attached hydrogen (secondary N) is 4. The second kappa shape index (κ2) is 8.77. The number of pyridine rings is 2. The van der Waals surface area contributed by atoms with Crippen molar-refractivity contribution in [3.05, 3.63) is 69.5 Å². The molecule has 0 saturated heterocycles. The van der Waals surface area contributed by atoms with E-state index in [4.69, 9.17) is 19.4 Å². The summed E-state index contributed by atoms with van der Waals surface area (Å²) in [5, 5.41) is 15.8. The van der Waals surface area contributed by atoms with Crippen molar-refractivity contribution >= 4 is 31.2 Å². The first-order chi connectivity index (χ1) is 14.2. The molecule has 8 nitrogen and oxygen atoms in total. The molecule has 154 valence electrons. The highest BCUT2D eigenvalue weighted by molar-refractivity contribution is 6.33. The fraction of sp³-hybridized carbons (Fsp3) is 0.250. The molecule has 0 bridgehead atoms. The molecular formula is C20H21BClN5O3. The molecule has 0 aliphatic carbocycles. The number of hydrogen-bond donors (Lipinski definition) is 5. The van der Waals surface area contributed by atoms with Crippen LogP contribution in [0.25, 0.3) is 11.1 Å². The number of carbonyl (C=O) groups excluding carboxylic acids is 1. The smallest absolute Gasteiger partial charge is 0.268 e. The minimum Gasteiger partial charge on any atom is -0.394 e. The van der Waals surface area contributed by atoms with Crippen LogP contribution in [0.2, 0.25) is 5.02 Å². The number of aromatic nitrogens is 3. The topological polar surface area (TPSA) is 123 Å². The van der Waals surface area contributed by atoms with E-state index < -0.39 is 17.4 Å². The third kappa shape index (κ3) is 5.31. The predicted octanol–water partition coefficient (Wildman–Crippen LogP) is 2.20. The summed E-state index contributed by atoms with van der Waals surface area (Å²) in [4.78, 5) is 33.5. The largest absolute Gasteiger partial charge is 0.394 e. The van der Waals surface area contributed by atoms with Crippen LogP contribution in [0.1, 0.15) is 35.9 Å². The molecule has 5 N–H and O–H groups in total. The van der Waals surface area contributed by atoms with Gasteiger partial charge in [-0.25, -0.2) is 4.98 Å². The maximum atomic E-state index is 12.6. The van der Waals surface area contributed by atoms with E-state index in [-0.39, 0.29) is 17.9 Å². The highest BCUT2D eigenvalue weighted by Crippen LogP contribution is 2.30. The average molecular weight is 426 g/mol. The minimum absolute atomic E-state index is 0.267. The van der Waals surface area contributed by atoms with Gasteiger partial charge < -0.3 is 25.7 Å². The molecule has 10 heteroatoms. The van der Waals surface area contributed by atoms with Crippen LogP contribution in [0.15, 0.2) is 47.7 Å². The Bertz CT molecular complexity index is 1090. The van der Waals surface area contributed by atoms with Crippen molar-refractivity contribution in [2.75, 3.05) is 11.9 Å². The first-order valence-corrected chi connectivity index (χ1v) is 9.56. The Balaban J connectivity index is 1.80. The molecular weight excluding hydrogens is 405 g/mol. The number of nitrogens with zero attached hydrogens (tertiary/aromatic N) is 1. The number of rotatable bonds is 7. The molecule has 3 aromatic heterocycles. The zero-order valence-electron chi connectivity index (χ0n) is 16.5.